The van der Waals surface area contributed by atoms with Crippen LogP contribution < -0.4 is 15.1 Å². The van der Waals surface area contributed by atoms with Crippen molar-refractivity contribution in [3.63, 3.8) is 0 Å². The van der Waals surface area contributed by atoms with Gasteiger partial charge in [0.05, 0.1) is 7.11 Å². The maximum atomic E-state index is 12.3. The summed E-state index contributed by atoms with van der Waals surface area (Å²) in [5.74, 6) is 0.240. The number of hydrogen-bond donors (Lipinski definition) is 1. The molecule has 0 saturated carbocycles. The van der Waals surface area contributed by atoms with Crippen LogP contribution in [0.4, 0.5) is 0 Å². The van der Waals surface area contributed by atoms with Crippen LogP contribution in [0.25, 0.3) is 6.08 Å². The quantitative estimate of drug-likeness (QED) is 0.480. The molecule has 2 aromatic carbocycles. The van der Waals surface area contributed by atoms with Crippen molar-refractivity contribution in [3.05, 3.63) is 93.5 Å². The van der Waals surface area contributed by atoms with Gasteiger partial charge in [-0.05, 0) is 36.3 Å². The van der Waals surface area contributed by atoms with Gasteiger partial charge in [0.25, 0.3) is 0 Å². The first-order chi connectivity index (χ1) is 14.0. The molecule has 0 unspecified atom stereocenters. The van der Waals surface area contributed by atoms with E-state index < -0.39 is 22.7 Å². The van der Waals surface area contributed by atoms with Crippen molar-refractivity contribution in [2.75, 3.05) is 7.11 Å². The molecule has 0 spiro atoms. The molecule has 1 aromatic heterocycles. The molecule has 29 heavy (non-hydrogen) atoms. The van der Waals surface area contributed by atoms with Crippen LogP contribution in [0.1, 0.15) is 27.2 Å². The van der Waals surface area contributed by atoms with Crippen molar-refractivity contribution in [2.24, 2.45) is 0 Å². The molecule has 148 valence electrons. The number of ketones is 1. The number of allylic oxidation sites excluding steroid dienone is 1. The third-order valence-electron chi connectivity index (χ3n) is 4.15. The second-order valence-corrected chi connectivity index (χ2v) is 6.29. The maximum absolute atomic E-state index is 12.3. The second-order valence-electron chi connectivity index (χ2n) is 6.29. The van der Waals surface area contributed by atoms with E-state index >= 15 is 0 Å². The predicted octanol–water partition coefficient (Wildman–Crippen LogP) is 4.14. The van der Waals surface area contributed by atoms with Crippen LogP contribution in [0.2, 0.25) is 0 Å². The molecular formula is C23H20O6. The monoisotopic (exact) mass is 392 g/mol. The number of carbonyl (C=O) groups excluding carboxylic acids is 1. The Hall–Kier alpha value is -3.80. The largest absolute Gasteiger partial charge is 0.507 e. The highest BCUT2D eigenvalue weighted by Crippen LogP contribution is 2.29. The van der Waals surface area contributed by atoms with Gasteiger partial charge in [0, 0.05) is 6.07 Å². The summed E-state index contributed by atoms with van der Waals surface area (Å²) in [4.78, 5) is 24.1. The summed E-state index contributed by atoms with van der Waals surface area (Å²) in [6.07, 6.45) is 2.71. The molecule has 6 nitrogen and oxygen atoms in total. The van der Waals surface area contributed by atoms with Crippen LogP contribution in [-0.4, -0.2) is 18.0 Å². The summed E-state index contributed by atoms with van der Waals surface area (Å²) in [6, 6.07) is 16.2. The van der Waals surface area contributed by atoms with E-state index in [1.54, 1.807) is 18.2 Å². The molecule has 0 radical (unpaired) electrons. The van der Waals surface area contributed by atoms with Gasteiger partial charge in [-0.3, -0.25) is 4.79 Å². The number of ether oxygens (including phenoxy) is 2. The van der Waals surface area contributed by atoms with Crippen LogP contribution in [0.3, 0.4) is 0 Å². The van der Waals surface area contributed by atoms with Crippen molar-refractivity contribution in [1.29, 1.82) is 0 Å². The molecule has 0 aliphatic rings. The average molecular weight is 392 g/mol. The topological polar surface area (TPSA) is 86.0 Å². The molecule has 0 aliphatic heterocycles. The lowest BCUT2D eigenvalue weighted by atomic mass is 10.1. The number of hydrogen-bond acceptors (Lipinski definition) is 6. The van der Waals surface area contributed by atoms with E-state index in [1.165, 1.54) is 32.3 Å². The molecule has 0 atom stereocenters. The second kappa shape index (κ2) is 8.93. The van der Waals surface area contributed by atoms with Gasteiger partial charge >= 0.3 is 5.63 Å². The summed E-state index contributed by atoms with van der Waals surface area (Å²) < 4.78 is 16.0. The van der Waals surface area contributed by atoms with Crippen molar-refractivity contribution in [2.45, 2.75) is 13.5 Å². The van der Waals surface area contributed by atoms with E-state index in [0.29, 0.717) is 23.7 Å². The first kappa shape index (κ1) is 19.9. The van der Waals surface area contributed by atoms with Gasteiger partial charge in [-0.25, -0.2) is 4.79 Å². The van der Waals surface area contributed by atoms with Crippen molar-refractivity contribution in [3.8, 4) is 17.2 Å². The Kier molecular flexibility index (Phi) is 6.14. The Morgan fingerprint density at radius 3 is 2.55 bits per heavy atom. The SMILES string of the molecule is COc1cc(/C=C/C(=O)c2c(O)cc(C)oc2=O)ccc1OCc1ccccc1. The lowest BCUT2D eigenvalue weighted by Crippen LogP contribution is -2.12. The zero-order valence-electron chi connectivity index (χ0n) is 16.0. The van der Waals surface area contributed by atoms with E-state index in [4.69, 9.17) is 13.9 Å². The van der Waals surface area contributed by atoms with Gasteiger partial charge in [-0.15, -0.1) is 0 Å². The fourth-order valence-electron chi connectivity index (χ4n) is 2.72. The Bertz CT molecular complexity index is 1100. The van der Waals surface area contributed by atoms with Gasteiger partial charge in [-0.1, -0.05) is 42.5 Å². The Labute approximate surface area is 167 Å². The predicted molar refractivity (Wildman–Crippen MR) is 109 cm³/mol. The van der Waals surface area contributed by atoms with Crippen molar-refractivity contribution < 1.29 is 23.8 Å². The summed E-state index contributed by atoms with van der Waals surface area (Å²) in [6.45, 7) is 1.91. The lowest BCUT2D eigenvalue weighted by molar-refractivity contribution is 0.104. The summed E-state index contributed by atoms with van der Waals surface area (Å²) in [7, 11) is 1.53. The Morgan fingerprint density at radius 1 is 1.10 bits per heavy atom. The highest BCUT2D eigenvalue weighted by Gasteiger charge is 2.16. The van der Waals surface area contributed by atoms with Crippen LogP contribution in [-0.2, 0) is 6.61 Å². The normalized spacial score (nSPS) is 10.8. The van der Waals surface area contributed by atoms with E-state index in [9.17, 15) is 14.7 Å². The minimum atomic E-state index is -0.876. The minimum absolute atomic E-state index is 0.226. The molecule has 1 heterocycles. The van der Waals surface area contributed by atoms with E-state index in [2.05, 4.69) is 0 Å². The summed E-state index contributed by atoms with van der Waals surface area (Å²) in [5.41, 5.74) is 0.417. The van der Waals surface area contributed by atoms with E-state index in [-0.39, 0.29) is 5.76 Å². The van der Waals surface area contributed by atoms with Crippen LogP contribution in [0, 0.1) is 6.92 Å². The van der Waals surface area contributed by atoms with Gasteiger partial charge in [-0.2, -0.15) is 0 Å². The highest BCUT2D eigenvalue weighted by atomic mass is 16.5. The fourth-order valence-corrected chi connectivity index (χ4v) is 2.72. The van der Waals surface area contributed by atoms with Crippen molar-refractivity contribution >= 4 is 11.9 Å². The first-order valence-corrected chi connectivity index (χ1v) is 8.89. The van der Waals surface area contributed by atoms with Crippen molar-refractivity contribution in [1.82, 2.24) is 0 Å². The number of aryl methyl sites for hydroxylation is 1. The zero-order valence-corrected chi connectivity index (χ0v) is 16.0. The zero-order chi connectivity index (χ0) is 20.8. The smallest absolute Gasteiger partial charge is 0.351 e. The van der Waals surface area contributed by atoms with Gasteiger partial charge in [0.1, 0.15) is 23.7 Å². The Morgan fingerprint density at radius 2 is 1.86 bits per heavy atom. The van der Waals surface area contributed by atoms with Crippen LogP contribution in [0.15, 0.2) is 69.9 Å². The molecular weight excluding hydrogens is 372 g/mol. The van der Waals surface area contributed by atoms with Crippen LogP contribution in [0.5, 0.6) is 17.2 Å². The van der Waals surface area contributed by atoms with E-state index in [1.807, 2.05) is 30.3 Å². The standard InChI is InChI=1S/C23H20O6/c1-15-12-19(25)22(23(26)29-15)18(24)10-8-16-9-11-20(21(13-16)27-2)28-14-17-6-4-3-5-7-17/h3-13,25H,14H2,1-2H3/b10-8+. The number of carbonyl (C=O) groups is 1. The molecule has 1 N–H and O–H groups in total. The number of methoxy groups -OCH3 is 1. The fraction of sp³-hybridized carbons (Fsp3) is 0.130. The molecule has 0 fully saturated rings. The average Bonchev–Trinajstić information content (AvgIpc) is 2.71. The third-order valence-corrected chi connectivity index (χ3v) is 4.15. The molecule has 0 bridgehead atoms. The summed E-state index contributed by atoms with van der Waals surface area (Å²) in [5, 5.41) is 9.86. The number of aromatic hydroxyl groups is 1. The lowest BCUT2D eigenvalue weighted by Gasteiger charge is -2.11. The molecule has 0 aliphatic carbocycles. The molecule has 0 amide bonds. The van der Waals surface area contributed by atoms with Gasteiger partial charge < -0.3 is 19.0 Å². The molecule has 6 heteroatoms. The Balaban J connectivity index is 1.76. The third kappa shape index (κ3) is 4.93. The maximum Gasteiger partial charge on any atom is 0.351 e. The molecule has 3 rings (SSSR count). The minimum Gasteiger partial charge on any atom is -0.507 e. The van der Waals surface area contributed by atoms with Gasteiger partial charge in [0.2, 0.25) is 0 Å². The molecule has 3 aromatic rings. The first-order valence-electron chi connectivity index (χ1n) is 8.89. The summed E-state index contributed by atoms with van der Waals surface area (Å²) >= 11 is 0. The van der Waals surface area contributed by atoms with Gasteiger partial charge in [0.15, 0.2) is 17.3 Å². The van der Waals surface area contributed by atoms with Crippen LogP contribution >= 0.6 is 0 Å². The number of rotatable bonds is 7. The highest BCUT2D eigenvalue weighted by molar-refractivity contribution is 6.08. The number of benzene rings is 2. The molecule has 0 saturated heterocycles. The van der Waals surface area contributed by atoms with E-state index in [0.717, 1.165) is 5.56 Å².